The van der Waals surface area contributed by atoms with E-state index in [9.17, 15) is 12.8 Å². The van der Waals surface area contributed by atoms with Crippen LogP contribution in [0.2, 0.25) is 0 Å². The molecule has 3 aromatic carbocycles. The van der Waals surface area contributed by atoms with Crippen molar-refractivity contribution in [2.24, 2.45) is 0 Å². The van der Waals surface area contributed by atoms with E-state index in [2.05, 4.69) is 0 Å². The summed E-state index contributed by atoms with van der Waals surface area (Å²) >= 11 is -0.994. The predicted molar refractivity (Wildman–Crippen MR) is 105 cm³/mol. The van der Waals surface area contributed by atoms with Crippen LogP contribution in [0.25, 0.3) is 3.62 Å². The molecular formula is C21H17FO2STe. The fourth-order valence-electron chi connectivity index (χ4n) is 2.32. The van der Waals surface area contributed by atoms with Crippen molar-refractivity contribution in [1.29, 1.82) is 0 Å². The molecule has 0 amide bonds. The molecule has 3 rings (SSSR count). The SMILES string of the molecule is Cc1ccc(S(=O)(=O)/C=C(\[Te]c2ccc(F)cc2)c2ccccc2)cc1. The van der Waals surface area contributed by atoms with E-state index in [4.69, 9.17) is 0 Å². The topological polar surface area (TPSA) is 34.1 Å². The zero-order valence-electron chi connectivity index (χ0n) is 14.1. The van der Waals surface area contributed by atoms with Crippen LogP contribution in [0.4, 0.5) is 4.39 Å². The predicted octanol–water partition coefficient (Wildman–Crippen LogP) is 3.94. The maximum atomic E-state index is 13.2. The molecule has 2 nitrogen and oxygen atoms in total. The Balaban J connectivity index is 2.03. The van der Waals surface area contributed by atoms with Crippen molar-refractivity contribution in [3.05, 3.63) is 101 Å². The molecule has 132 valence electrons. The summed E-state index contributed by atoms with van der Waals surface area (Å²) < 4.78 is 40.7. The Labute approximate surface area is 163 Å². The Morgan fingerprint density at radius 2 is 1.50 bits per heavy atom. The number of rotatable bonds is 5. The number of hydrogen-bond donors (Lipinski definition) is 0. The van der Waals surface area contributed by atoms with Crippen molar-refractivity contribution < 1.29 is 12.8 Å². The van der Waals surface area contributed by atoms with Gasteiger partial charge in [-0.25, -0.2) is 0 Å². The summed E-state index contributed by atoms with van der Waals surface area (Å²) in [4.78, 5) is 0.281. The number of hydrogen-bond acceptors (Lipinski definition) is 2. The molecule has 0 radical (unpaired) electrons. The van der Waals surface area contributed by atoms with Gasteiger partial charge in [-0.3, -0.25) is 0 Å². The number of aryl methyl sites for hydroxylation is 1. The molecule has 0 saturated heterocycles. The molecule has 0 aromatic heterocycles. The van der Waals surface area contributed by atoms with Crippen LogP contribution >= 0.6 is 0 Å². The maximum absolute atomic E-state index is 13.2. The molecule has 0 unspecified atom stereocenters. The van der Waals surface area contributed by atoms with Gasteiger partial charge in [0.2, 0.25) is 0 Å². The van der Waals surface area contributed by atoms with E-state index < -0.39 is 30.8 Å². The molecule has 26 heavy (non-hydrogen) atoms. The van der Waals surface area contributed by atoms with Gasteiger partial charge in [0.15, 0.2) is 0 Å². The minimum absolute atomic E-state index is 0.281. The van der Waals surface area contributed by atoms with Crippen LogP contribution in [0.1, 0.15) is 11.1 Å². The Hall–Kier alpha value is -1.93. The molecule has 5 heteroatoms. The average Bonchev–Trinajstić information content (AvgIpc) is 2.64. The Kier molecular flexibility index (Phi) is 5.93. The third kappa shape index (κ3) is 4.82. The molecule has 0 spiro atoms. The Morgan fingerprint density at radius 1 is 0.885 bits per heavy atom. The number of halogens is 1. The summed E-state index contributed by atoms with van der Waals surface area (Å²) in [6.45, 7) is 1.92. The van der Waals surface area contributed by atoms with Gasteiger partial charge in [0, 0.05) is 0 Å². The summed E-state index contributed by atoms with van der Waals surface area (Å²) in [5.74, 6) is -0.293. The molecule has 0 saturated carbocycles. The van der Waals surface area contributed by atoms with Crippen LogP contribution in [0, 0.1) is 12.7 Å². The van der Waals surface area contributed by atoms with E-state index in [1.54, 1.807) is 36.4 Å². The monoisotopic (exact) mass is 482 g/mol. The van der Waals surface area contributed by atoms with Gasteiger partial charge in [-0.15, -0.1) is 0 Å². The van der Waals surface area contributed by atoms with Gasteiger partial charge in [-0.05, 0) is 0 Å². The summed E-state index contributed by atoms with van der Waals surface area (Å²) in [5.41, 5.74) is 1.89. The molecule has 0 fully saturated rings. The van der Waals surface area contributed by atoms with Gasteiger partial charge in [0.05, 0.1) is 0 Å². The van der Waals surface area contributed by atoms with Crippen molar-refractivity contribution in [1.82, 2.24) is 0 Å². The molecule has 0 N–H and O–H groups in total. The van der Waals surface area contributed by atoms with E-state index in [0.717, 1.165) is 18.4 Å². The Morgan fingerprint density at radius 3 is 2.12 bits per heavy atom. The van der Waals surface area contributed by atoms with Gasteiger partial charge in [0.1, 0.15) is 0 Å². The molecule has 0 aliphatic carbocycles. The zero-order chi connectivity index (χ0) is 18.6. The van der Waals surface area contributed by atoms with E-state index in [1.807, 2.05) is 37.3 Å². The van der Waals surface area contributed by atoms with Crippen LogP contribution in [0.5, 0.6) is 0 Å². The summed E-state index contributed by atoms with van der Waals surface area (Å²) in [5, 5.41) is 1.37. The van der Waals surface area contributed by atoms with Gasteiger partial charge in [-0.1, -0.05) is 0 Å². The fourth-order valence-corrected chi connectivity index (χ4v) is 7.16. The second-order valence-corrected chi connectivity index (χ2v) is 10.7. The molecule has 0 bridgehead atoms. The first kappa shape index (κ1) is 18.8. The minimum atomic E-state index is -3.56. The first-order valence-corrected chi connectivity index (χ1v) is 11.8. The molecule has 3 aromatic rings. The first-order valence-electron chi connectivity index (χ1n) is 7.96. The molecule has 0 heterocycles. The Bertz CT molecular complexity index is 1010. The third-order valence-corrected chi connectivity index (χ3v) is 8.74. The van der Waals surface area contributed by atoms with E-state index in [-0.39, 0.29) is 10.7 Å². The van der Waals surface area contributed by atoms with Gasteiger partial charge in [-0.2, -0.15) is 0 Å². The van der Waals surface area contributed by atoms with Crippen molar-refractivity contribution in [3.63, 3.8) is 0 Å². The first-order chi connectivity index (χ1) is 12.4. The zero-order valence-corrected chi connectivity index (χ0v) is 17.2. The quantitative estimate of drug-likeness (QED) is 0.519. The van der Waals surface area contributed by atoms with Crippen LogP contribution in [0.15, 0.2) is 89.2 Å². The van der Waals surface area contributed by atoms with Crippen LogP contribution in [0.3, 0.4) is 0 Å². The molecule has 0 aliphatic heterocycles. The van der Waals surface area contributed by atoms with Crippen LogP contribution in [-0.2, 0) is 9.84 Å². The molecular weight excluding hydrogens is 463 g/mol. The fraction of sp³-hybridized carbons (Fsp3) is 0.0476. The van der Waals surface area contributed by atoms with Gasteiger partial charge >= 0.3 is 164 Å². The summed E-state index contributed by atoms with van der Waals surface area (Å²) in [6.07, 6.45) is 0. The van der Waals surface area contributed by atoms with E-state index >= 15 is 0 Å². The van der Waals surface area contributed by atoms with E-state index in [0.29, 0.717) is 0 Å². The number of benzene rings is 3. The number of sulfone groups is 1. The third-order valence-electron chi connectivity index (χ3n) is 3.71. The van der Waals surface area contributed by atoms with Crippen LogP contribution < -0.4 is 3.61 Å². The second-order valence-electron chi connectivity index (χ2n) is 5.76. The van der Waals surface area contributed by atoms with Crippen molar-refractivity contribution in [3.8, 4) is 0 Å². The van der Waals surface area contributed by atoms with Crippen molar-refractivity contribution >= 4 is 38.0 Å². The van der Waals surface area contributed by atoms with Gasteiger partial charge < -0.3 is 0 Å². The molecule has 0 aliphatic rings. The molecule has 0 atom stereocenters. The van der Waals surface area contributed by atoms with Crippen LogP contribution in [-0.4, -0.2) is 29.3 Å². The summed E-state index contributed by atoms with van der Waals surface area (Å²) in [7, 11) is -3.56. The van der Waals surface area contributed by atoms with E-state index in [1.165, 1.54) is 17.5 Å². The summed E-state index contributed by atoms with van der Waals surface area (Å²) in [6, 6.07) is 22.6. The second kappa shape index (κ2) is 8.18. The van der Waals surface area contributed by atoms with Crippen molar-refractivity contribution in [2.45, 2.75) is 11.8 Å². The van der Waals surface area contributed by atoms with Gasteiger partial charge in [0.25, 0.3) is 0 Å². The normalized spacial score (nSPS) is 12.2. The standard InChI is InChI=1S/C21H17FO2STe/c1-16-7-11-19(12-8-16)25(23,24)15-21(17-5-3-2-4-6-17)26-20-13-9-18(22)10-14-20/h2-15H,1H3/b21-15-. The van der Waals surface area contributed by atoms with Crippen molar-refractivity contribution in [2.75, 3.05) is 0 Å². The average molecular weight is 480 g/mol.